The van der Waals surface area contributed by atoms with E-state index in [-0.39, 0.29) is 11.7 Å². The SMILES string of the molecule is NC(=O)CSc1ccccc1C(=O)Nc1cc2c(cc1Cl)OCCCO2. The smallest absolute Gasteiger partial charge is 0.256 e. The van der Waals surface area contributed by atoms with Gasteiger partial charge in [-0.05, 0) is 12.1 Å². The average molecular weight is 393 g/mol. The highest BCUT2D eigenvalue weighted by Crippen LogP contribution is 2.38. The highest BCUT2D eigenvalue weighted by Gasteiger charge is 2.18. The fraction of sp³-hybridized carbons (Fsp3) is 0.222. The van der Waals surface area contributed by atoms with E-state index < -0.39 is 5.91 Å². The molecule has 3 N–H and O–H groups in total. The molecule has 1 aliphatic heterocycles. The maximum atomic E-state index is 12.7. The van der Waals surface area contributed by atoms with Crippen LogP contribution in [0.5, 0.6) is 11.5 Å². The minimum atomic E-state index is -0.448. The summed E-state index contributed by atoms with van der Waals surface area (Å²) in [5.74, 6) is 0.404. The minimum Gasteiger partial charge on any atom is -0.490 e. The van der Waals surface area contributed by atoms with E-state index in [9.17, 15) is 9.59 Å². The van der Waals surface area contributed by atoms with Crippen LogP contribution in [0, 0.1) is 0 Å². The third-order valence-electron chi connectivity index (χ3n) is 3.59. The molecule has 0 saturated heterocycles. The van der Waals surface area contributed by atoms with E-state index >= 15 is 0 Å². The lowest BCUT2D eigenvalue weighted by Gasteiger charge is -2.13. The van der Waals surface area contributed by atoms with Crippen molar-refractivity contribution in [2.45, 2.75) is 11.3 Å². The molecule has 136 valence electrons. The zero-order chi connectivity index (χ0) is 18.5. The number of thioether (sulfide) groups is 1. The third kappa shape index (κ3) is 4.42. The van der Waals surface area contributed by atoms with Gasteiger partial charge in [-0.15, -0.1) is 11.8 Å². The maximum absolute atomic E-state index is 12.7. The molecule has 0 saturated carbocycles. The molecular formula is C18H17ClN2O4S. The Balaban J connectivity index is 1.82. The number of carbonyl (C=O) groups excluding carboxylic acids is 2. The molecule has 0 bridgehead atoms. The number of primary amides is 1. The Labute approximate surface area is 160 Å². The molecular weight excluding hydrogens is 376 g/mol. The van der Waals surface area contributed by atoms with E-state index in [4.69, 9.17) is 26.8 Å². The molecule has 1 aliphatic rings. The van der Waals surface area contributed by atoms with Crippen LogP contribution in [-0.4, -0.2) is 30.8 Å². The fourth-order valence-electron chi connectivity index (χ4n) is 2.40. The summed E-state index contributed by atoms with van der Waals surface area (Å²) in [7, 11) is 0. The van der Waals surface area contributed by atoms with Gasteiger partial charge in [-0.3, -0.25) is 9.59 Å². The van der Waals surface area contributed by atoms with Crippen LogP contribution in [0.2, 0.25) is 5.02 Å². The number of ether oxygens (including phenoxy) is 2. The zero-order valence-electron chi connectivity index (χ0n) is 13.8. The lowest BCUT2D eigenvalue weighted by atomic mass is 10.2. The van der Waals surface area contributed by atoms with Crippen LogP contribution < -0.4 is 20.5 Å². The summed E-state index contributed by atoms with van der Waals surface area (Å²) < 4.78 is 11.2. The summed E-state index contributed by atoms with van der Waals surface area (Å²) in [6.45, 7) is 1.09. The molecule has 26 heavy (non-hydrogen) atoms. The van der Waals surface area contributed by atoms with Crippen molar-refractivity contribution < 1.29 is 19.1 Å². The van der Waals surface area contributed by atoms with E-state index in [0.29, 0.717) is 45.9 Å². The van der Waals surface area contributed by atoms with Gasteiger partial charge >= 0.3 is 0 Å². The van der Waals surface area contributed by atoms with Crippen LogP contribution in [-0.2, 0) is 4.79 Å². The lowest BCUT2D eigenvalue weighted by Crippen LogP contribution is -2.15. The Morgan fingerprint density at radius 1 is 1.15 bits per heavy atom. The average Bonchev–Trinajstić information content (AvgIpc) is 2.85. The van der Waals surface area contributed by atoms with Crippen molar-refractivity contribution in [3.8, 4) is 11.5 Å². The summed E-state index contributed by atoms with van der Waals surface area (Å²) in [6.07, 6.45) is 0.776. The Morgan fingerprint density at radius 3 is 2.58 bits per heavy atom. The summed E-state index contributed by atoms with van der Waals surface area (Å²) in [4.78, 5) is 24.4. The van der Waals surface area contributed by atoms with Crippen LogP contribution in [0.15, 0.2) is 41.3 Å². The number of hydrogen-bond donors (Lipinski definition) is 2. The number of benzene rings is 2. The van der Waals surface area contributed by atoms with Crippen LogP contribution >= 0.6 is 23.4 Å². The van der Waals surface area contributed by atoms with Crippen molar-refractivity contribution in [3.63, 3.8) is 0 Å². The van der Waals surface area contributed by atoms with E-state index in [1.807, 2.05) is 0 Å². The van der Waals surface area contributed by atoms with Gasteiger partial charge in [0.2, 0.25) is 5.91 Å². The predicted molar refractivity (Wildman–Crippen MR) is 101 cm³/mol. The van der Waals surface area contributed by atoms with Crippen LogP contribution in [0.4, 0.5) is 5.69 Å². The molecule has 2 amide bonds. The highest BCUT2D eigenvalue weighted by molar-refractivity contribution is 8.00. The Kier molecular flexibility index (Phi) is 5.90. The van der Waals surface area contributed by atoms with Crippen molar-refractivity contribution >= 4 is 40.9 Å². The second-order valence-electron chi connectivity index (χ2n) is 5.53. The number of nitrogens with one attached hydrogen (secondary N) is 1. The van der Waals surface area contributed by atoms with Crippen LogP contribution in [0.25, 0.3) is 0 Å². The Morgan fingerprint density at radius 2 is 1.85 bits per heavy atom. The molecule has 0 unspecified atom stereocenters. The van der Waals surface area contributed by atoms with Crippen molar-refractivity contribution in [2.24, 2.45) is 5.73 Å². The highest BCUT2D eigenvalue weighted by atomic mass is 35.5. The largest absolute Gasteiger partial charge is 0.490 e. The van der Waals surface area contributed by atoms with Gasteiger partial charge in [0.1, 0.15) is 0 Å². The van der Waals surface area contributed by atoms with Crippen LogP contribution in [0.1, 0.15) is 16.8 Å². The van der Waals surface area contributed by atoms with Gasteiger partial charge in [-0.2, -0.15) is 0 Å². The number of nitrogens with two attached hydrogens (primary N) is 1. The topological polar surface area (TPSA) is 90.7 Å². The summed E-state index contributed by atoms with van der Waals surface area (Å²) >= 11 is 7.48. The molecule has 0 fully saturated rings. The molecule has 0 aromatic heterocycles. The van der Waals surface area contributed by atoms with Gasteiger partial charge in [-0.1, -0.05) is 23.7 Å². The minimum absolute atomic E-state index is 0.0923. The van der Waals surface area contributed by atoms with Gasteiger partial charge in [-0.25, -0.2) is 0 Å². The monoisotopic (exact) mass is 392 g/mol. The molecule has 0 aliphatic carbocycles. The summed E-state index contributed by atoms with van der Waals surface area (Å²) in [5.41, 5.74) is 6.04. The Hall–Kier alpha value is -2.38. The molecule has 2 aromatic carbocycles. The third-order valence-corrected chi connectivity index (χ3v) is 5.00. The van der Waals surface area contributed by atoms with Crippen molar-refractivity contribution in [2.75, 3.05) is 24.3 Å². The number of anilines is 1. The van der Waals surface area contributed by atoms with Crippen molar-refractivity contribution in [3.05, 3.63) is 47.0 Å². The summed E-state index contributed by atoms with van der Waals surface area (Å²) in [6, 6.07) is 10.3. The molecule has 0 atom stereocenters. The summed E-state index contributed by atoms with van der Waals surface area (Å²) in [5, 5.41) is 3.14. The quantitative estimate of drug-likeness (QED) is 0.761. The van der Waals surface area contributed by atoms with Gasteiger partial charge in [0.05, 0.1) is 35.2 Å². The number of amides is 2. The molecule has 0 spiro atoms. The number of rotatable bonds is 5. The number of halogens is 1. The first kappa shape index (κ1) is 18.4. The lowest BCUT2D eigenvalue weighted by molar-refractivity contribution is -0.115. The zero-order valence-corrected chi connectivity index (χ0v) is 15.4. The van der Waals surface area contributed by atoms with Gasteiger partial charge in [0.15, 0.2) is 11.5 Å². The normalized spacial score (nSPS) is 13.0. The van der Waals surface area contributed by atoms with Crippen molar-refractivity contribution in [1.29, 1.82) is 0 Å². The van der Waals surface area contributed by atoms with E-state index in [1.54, 1.807) is 36.4 Å². The fourth-order valence-corrected chi connectivity index (χ4v) is 3.39. The number of hydrogen-bond acceptors (Lipinski definition) is 5. The second kappa shape index (κ2) is 8.33. The first-order chi connectivity index (χ1) is 12.5. The van der Waals surface area contributed by atoms with Gasteiger partial charge < -0.3 is 20.5 Å². The molecule has 3 rings (SSSR count). The first-order valence-electron chi connectivity index (χ1n) is 7.95. The molecule has 6 nitrogen and oxygen atoms in total. The molecule has 2 aromatic rings. The first-order valence-corrected chi connectivity index (χ1v) is 9.31. The van der Waals surface area contributed by atoms with Gasteiger partial charge in [0, 0.05) is 23.4 Å². The van der Waals surface area contributed by atoms with Crippen LogP contribution in [0.3, 0.4) is 0 Å². The predicted octanol–water partition coefficient (Wildman–Crippen LogP) is 3.33. The molecule has 0 radical (unpaired) electrons. The van der Waals surface area contributed by atoms with E-state index in [2.05, 4.69) is 5.32 Å². The van der Waals surface area contributed by atoms with Crippen molar-refractivity contribution in [1.82, 2.24) is 0 Å². The number of carbonyl (C=O) groups is 2. The van der Waals surface area contributed by atoms with Gasteiger partial charge in [0.25, 0.3) is 5.91 Å². The molecule has 1 heterocycles. The standard InChI is InChI=1S/C18H17ClN2O4S/c19-12-8-14-15(25-7-3-6-24-14)9-13(12)21-18(23)11-4-1-2-5-16(11)26-10-17(20)22/h1-2,4-5,8-9H,3,6-7,10H2,(H2,20,22)(H,21,23). The Bertz CT molecular complexity index is 844. The maximum Gasteiger partial charge on any atom is 0.256 e. The number of fused-ring (bicyclic) bond motifs is 1. The molecule has 8 heteroatoms. The second-order valence-corrected chi connectivity index (χ2v) is 6.96. The van der Waals surface area contributed by atoms with E-state index in [0.717, 1.165) is 6.42 Å². The van der Waals surface area contributed by atoms with E-state index in [1.165, 1.54) is 11.8 Å².